The quantitative estimate of drug-likeness (QED) is 0.806. The average molecular weight is 254 g/mol. The molecule has 2 saturated heterocycles. The number of nitrogens with one attached hydrogen (secondary N) is 1. The Labute approximate surface area is 110 Å². The lowest BCUT2D eigenvalue weighted by molar-refractivity contribution is -0.139. The van der Waals surface area contributed by atoms with Gasteiger partial charge in [-0.1, -0.05) is 6.92 Å². The third-order valence-corrected chi connectivity index (χ3v) is 4.69. The number of piperidine rings is 1. The van der Waals surface area contributed by atoms with Gasteiger partial charge in [-0.15, -0.1) is 0 Å². The Balaban J connectivity index is 2.01. The van der Waals surface area contributed by atoms with Crippen LogP contribution in [-0.2, 0) is 9.53 Å². The summed E-state index contributed by atoms with van der Waals surface area (Å²) in [5.41, 5.74) is 0. The molecule has 0 saturated carbocycles. The van der Waals surface area contributed by atoms with Crippen LogP contribution in [0, 0.1) is 11.8 Å². The molecule has 5 atom stereocenters. The fourth-order valence-corrected chi connectivity index (χ4v) is 3.27. The lowest BCUT2D eigenvalue weighted by Crippen LogP contribution is -2.50. The number of likely N-dealkylation sites (N-methyl/N-ethyl adjacent to an activating group) is 1. The summed E-state index contributed by atoms with van der Waals surface area (Å²) in [4.78, 5) is 14.6. The molecule has 2 rings (SSSR count). The van der Waals surface area contributed by atoms with E-state index in [4.69, 9.17) is 4.74 Å². The molecule has 1 amide bonds. The first-order chi connectivity index (χ1) is 8.52. The highest BCUT2D eigenvalue weighted by molar-refractivity contribution is 5.80. The van der Waals surface area contributed by atoms with Crippen LogP contribution in [0.5, 0.6) is 0 Å². The molecule has 104 valence electrons. The van der Waals surface area contributed by atoms with Gasteiger partial charge in [-0.25, -0.2) is 0 Å². The van der Waals surface area contributed by atoms with Crippen molar-refractivity contribution in [3.63, 3.8) is 0 Å². The number of rotatable bonds is 2. The summed E-state index contributed by atoms with van der Waals surface area (Å²) in [6.07, 6.45) is 2.50. The van der Waals surface area contributed by atoms with Gasteiger partial charge in [0.15, 0.2) is 0 Å². The van der Waals surface area contributed by atoms with Crippen molar-refractivity contribution in [2.24, 2.45) is 11.8 Å². The molecule has 1 N–H and O–H groups in total. The maximum atomic E-state index is 12.6. The summed E-state index contributed by atoms with van der Waals surface area (Å²) in [5.74, 6) is 0.589. The monoisotopic (exact) mass is 254 g/mol. The average Bonchev–Trinajstić information content (AvgIpc) is 2.63. The van der Waals surface area contributed by atoms with Gasteiger partial charge in [0.05, 0.1) is 18.1 Å². The van der Waals surface area contributed by atoms with E-state index in [0.29, 0.717) is 12.0 Å². The lowest BCUT2D eigenvalue weighted by Gasteiger charge is -2.34. The third-order valence-electron chi connectivity index (χ3n) is 4.69. The van der Waals surface area contributed by atoms with Gasteiger partial charge in [0.1, 0.15) is 0 Å². The third kappa shape index (κ3) is 2.54. The predicted octanol–water partition coefficient (Wildman–Crippen LogP) is 1.26. The first kappa shape index (κ1) is 13.8. The van der Waals surface area contributed by atoms with Crippen LogP contribution in [0.3, 0.4) is 0 Å². The standard InChI is InChI=1S/C14H26N2O2/c1-9-10(2)18-11(3)13(9)14(17)16(4)12-6-5-7-15-8-12/h9-13,15H,5-8H2,1-4H3. The SMILES string of the molecule is CC1OC(C)C(C(=O)N(C)C2CCCNC2)C1C. The second-order valence-corrected chi connectivity index (χ2v) is 5.88. The van der Waals surface area contributed by atoms with E-state index in [1.165, 1.54) is 0 Å². The number of hydrogen-bond donors (Lipinski definition) is 1. The zero-order chi connectivity index (χ0) is 13.3. The topological polar surface area (TPSA) is 41.6 Å². The molecular formula is C14H26N2O2. The van der Waals surface area contributed by atoms with Gasteiger partial charge < -0.3 is 15.0 Å². The molecule has 2 aliphatic heterocycles. The second kappa shape index (κ2) is 5.57. The van der Waals surface area contributed by atoms with E-state index in [-0.39, 0.29) is 24.0 Å². The molecule has 0 aliphatic carbocycles. The number of nitrogens with zero attached hydrogens (tertiary/aromatic N) is 1. The van der Waals surface area contributed by atoms with Crippen LogP contribution in [0.1, 0.15) is 33.6 Å². The smallest absolute Gasteiger partial charge is 0.228 e. The van der Waals surface area contributed by atoms with Crippen molar-refractivity contribution < 1.29 is 9.53 Å². The molecule has 0 aromatic heterocycles. The highest BCUT2D eigenvalue weighted by atomic mass is 16.5. The fourth-order valence-electron chi connectivity index (χ4n) is 3.27. The van der Waals surface area contributed by atoms with Gasteiger partial charge >= 0.3 is 0 Å². The highest BCUT2D eigenvalue weighted by Crippen LogP contribution is 2.33. The van der Waals surface area contributed by atoms with Crippen molar-refractivity contribution in [3.05, 3.63) is 0 Å². The van der Waals surface area contributed by atoms with Gasteiger partial charge in [0.2, 0.25) is 5.91 Å². The van der Waals surface area contributed by atoms with Crippen LogP contribution in [-0.4, -0.2) is 49.2 Å². The van der Waals surface area contributed by atoms with Gasteiger partial charge in [0.25, 0.3) is 0 Å². The minimum Gasteiger partial charge on any atom is -0.374 e. The molecule has 0 aromatic carbocycles. The van der Waals surface area contributed by atoms with Crippen molar-refractivity contribution in [2.75, 3.05) is 20.1 Å². The van der Waals surface area contributed by atoms with Crippen LogP contribution in [0.2, 0.25) is 0 Å². The molecule has 2 aliphatic rings. The number of carbonyl (C=O) groups is 1. The highest BCUT2D eigenvalue weighted by Gasteiger charge is 2.43. The lowest BCUT2D eigenvalue weighted by atomic mass is 9.88. The Morgan fingerprint density at radius 2 is 2.00 bits per heavy atom. The first-order valence-corrected chi connectivity index (χ1v) is 7.15. The Morgan fingerprint density at radius 1 is 1.28 bits per heavy atom. The van der Waals surface area contributed by atoms with Crippen LogP contribution in [0.25, 0.3) is 0 Å². The summed E-state index contributed by atoms with van der Waals surface area (Å²) >= 11 is 0. The van der Waals surface area contributed by atoms with Crippen molar-refractivity contribution in [1.82, 2.24) is 10.2 Å². The van der Waals surface area contributed by atoms with Crippen molar-refractivity contribution in [2.45, 2.75) is 51.9 Å². The van der Waals surface area contributed by atoms with E-state index >= 15 is 0 Å². The molecule has 5 unspecified atom stereocenters. The molecule has 4 nitrogen and oxygen atoms in total. The van der Waals surface area contributed by atoms with Gasteiger partial charge in [-0.3, -0.25) is 4.79 Å². The molecule has 0 aromatic rings. The number of carbonyl (C=O) groups excluding carboxylic acids is 1. The molecule has 0 radical (unpaired) electrons. The van der Waals surface area contributed by atoms with E-state index < -0.39 is 0 Å². The normalized spacial score (nSPS) is 40.8. The summed E-state index contributed by atoms with van der Waals surface area (Å²) < 4.78 is 5.78. The number of hydrogen-bond acceptors (Lipinski definition) is 3. The van der Waals surface area contributed by atoms with Crippen molar-refractivity contribution >= 4 is 5.91 Å². The van der Waals surface area contributed by atoms with Crippen molar-refractivity contribution in [1.29, 1.82) is 0 Å². The first-order valence-electron chi connectivity index (χ1n) is 7.15. The molecule has 2 heterocycles. The molecule has 4 heteroatoms. The molecular weight excluding hydrogens is 228 g/mol. The van der Waals surface area contributed by atoms with Crippen LogP contribution in [0.4, 0.5) is 0 Å². The summed E-state index contributed by atoms with van der Waals surface area (Å²) in [6.45, 7) is 8.22. The van der Waals surface area contributed by atoms with Crippen LogP contribution >= 0.6 is 0 Å². The van der Waals surface area contributed by atoms with E-state index in [2.05, 4.69) is 19.2 Å². The Hall–Kier alpha value is -0.610. The summed E-state index contributed by atoms with van der Waals surface area (Å²) in [5, 5.41) is 3.37. The minimum atomic E-state index is 0.0203. The predicted molar refractivity (Wildman–Crippen MR) is 71.3 cm³/mol. The van der Waals surface area contributed by atoms with E-state index in [9.17, 15) is 4.79 Å². The van der Waals surface area contributed by atoms with Gasteiger partial charge in [0, 0.05) is 19.6 Å². The van der Waals surface area contributed by atoms with Crippen LogP contribution in [0.15, 0.2) is 0 Å². The maximum Gasteiger partial charge on any atom is 0.228 e. The Morgan fingerprint density at radius 3 is 2.50 bits per heavy atom. The minimum absolute atomic E-state index is 0.0203. The zero-order valence-electron chi connectivity index (χ0n) is 12.0. The number of ether oxygens (including phenoxy) is 1. The Bertz CT molecular complexity index is 302. The number of amides is 1. The zero-order valence-corrected chi connectivity index (χ0v) is 12.0. The van der Waals surface area contributed by atoms with Gasteiger partial charge in [-0.2, -0.15) is 0 Å². The molecule has 2 fully saturated rings. The van der Waals surface area contributed by atoms with Gasteiger partial charge in [-0.05, 0) is 39.2 Å². The van der Waals surface area contributed by atoms with Crippen LogP contribution < -0.4 is 5.32 Å². The fraction of sp³-hybridized carbons (Fsp3) is 0.929. The molecule has 0 bridgehead atoms. The van der Waals surface area contributed by atoms with E-state index in [0.717, 1.165) is 25.9 Å². The second-order valence-electron chi connectivity index (χ2n) is 5.88. The van der Waals surface area contributed by atoms with Crippen molar-refractivity contribution in [3.8, 4) is 0 Å². The Kier molecular flexibility index (Phi) is 4.28. The maximum absolute atomic E-state index is 12.6. The van der Waals surface area contributed by atoms with E-state index in [1.807, 2.05) is 18.9 Å². The molecule has 18 heavy (non-hydrogen) atoms. The van der Waals surface area contributed by atoms with E-state index in [1.54, 1.807) is 0 Å². The summed E-state index contributed by atoms with van der Waals surface area (Å²) in [7, 11) is 1.95. The largest absolute Gasteiger partial charge is 0.374 e. The molecule has 0 spiro atoms. The summed E-state index contributed by atoms with van der Waals surface area (Å²) in [6, 6.07) is 0.349.